The largest absolute Gasteiger partial charge is 0.480 e. The van der Waals surface area contributed by atoms with Crippen molar-refractivity contribution in [3.63, 3.8) is 0 Å². The zero-order chi connectivity index (χ0) is 16.5. The average molecular weight is 311 g/mol. The van der Waals surface area contributed by atoms with Crippen LogP contribution in [-0.4, -0.2) is 80.2 Å². The Labute approximate surface area is 125 Å². The third kappa shape index (κ3) is 19.2. The molecule has 1 atom stereocenters. The molecular formula is C13H29NO7. The van der Waals surface area contributed by atoms with E-state index in [1.165, 1.54) is 0 Å². The van der Waals surface area contributed by atoms with Gasteiger partial charge in [0.15, 0.2) is 0 Å². The Morgan fingerprint density at radius 2 is 1.24 bits per heavy atom. The Morgan fingerprint density at radius 3 is 1.43 bits per heavy atom. The van der Waals surface area contributed by atoms with Crippen LogP contribution in [0.25, 0.3) is 0 Å². The van der Waals surface area contributed by atoms with Crippen molar-refractivity contribution in [2.45, 2.75) is 19.9 Å². The van der Waals surface area contributed by atoms with Gasteiger partial charge in [0.05, 0.1) is 52.9 Å². The van der Waals surface area contributed by atoms with Crippen molar-refractivity contribution in [1.29, 1.82) is 0 Å². The van der Waals surface area contributed by atoms with E-state index in [0.717, 1.165) is 0 Å². The lowest BCUT2D eigenvalue weighted by Gasteiger charge is -2.07. The monoisotopic (exact) mass is 311 g/mol. The van der Waals surface area contributed by atoms with Gasteiger partial charge in [0, 0.05) is 0 Å². The highest BCUT2D eigenvalue weighted by Gasteiger charge is 2.14. The molecule has 0 saturated heterocycles. The van der Waals surface area contributed by atoms with Gasteiger partial charge in [-0.2, -0.15) is 0 Å². The molecule has 0 rings (SSSR count). The Balaban J connectivity index is 0. The number of nitrogens with two attached hydrogens (primary N) is 1. The highest BCUT2D eigenvalue weighted by atomic mass is 16.5. The molecule has 0 saturated carbocycles. The molecular weight excluding hydrogens is 282 g/mol. The number of carbonyl (C=O) groups is 1. The number of aliphatic hydroxyl groups excluding tert-OH is 2. The molecule has 5 N–H and O–H groups in total. The van der Waals surface area contributed by atoms with Crippen molar-refractivity contribution in [2.24, 2.45) is 11.7 Å². The van der Waals surface area contributed by atoms with Crippen molar-refractivity contribution in [2.75, 3.05) is 52.9 Å². The van der Waals surface area contributed by atoms with Crippen LogP contribution in [0.15, 0.2) is 0 Å². The van der Waals surface area contributed by atoms with Crippen molar-refractivity contribution >= 4 is 5.97 Å². The molecule has 0 aromatic rings. The van der Waals surface area contributed by atoms with Crippen molar-refractivity contribution < 1.29 is 34.3 Å². The molecule has 0 fully saturated rings. The van der Waals surface area contributed by atoms with E-state index in [0.29, 0.717) is 39.6 Å². The maximum absolute atomic E-state index is 10.0. The van der Waals surface area contributed by atoms with E-state index in [-0.39, 0.29) is 19.1 Å². The van der Waals surface area contributed by atoms with Gasteiger partial charge in [-0.1, -0.05) is 13.8 Å². The predicted molar refractivity (Wildman–Crippen MR) is 77.1 cm³/mol. The molecule has 0 unspecified atom stereocenters. The van der Waals surface area contributed by atoms with Crippen LogP contribution in [0.4, 0.5) is 0 Å². The van der Waals surface area contributed by atoms with Gasteiger partial charge in [0.2, 0.25) is 0 Å². The molecule has 128 valence electrons. The van der Waals surface area contributed by atoms with E-state index >= 15 is 0 Å². The fourth-order valence-corrected chi connectivity index (χ4v) is 0.956. The van der Waals surface area contributed by atoms with Gasteiger partial charge >= 0.3 is 5.97 Å². The third-order valence-electron chi connectivity index (χ3n) is 2.22. The summed E-state index contributed by atoms with van der Waals surface area (Å²) in [6.07, 6.45) is 0. The zero-order valence-corrected chi connectivity index (χ0v) is 12.9. The maximum atomic E-state index is 10.0. The molecule has 8 heteroatoms. The van der Waals surface area contributed by atoms with Crippen LogP contribution in [0, 0.1) is 5.92 Å². The topological polar surface area (TPSA) is 131 Å². The van der Waals surface area contributed by atoms with E-state index < -0.39 is 12.0 Å². The van der Waals surface area contributed by atoms with Crippen LogP contribution in [0.5, 0.6) is 0 Å². The van der Waals surface area contributed by atoms with Crippen LogP contribution in [0.2, 0.25) is 0 Å². The number of carboxylic acid groups (broad SMARTS) is 1. The Kier molecular flexibility index (Phi) is 18.5. The van der Waals surface area contributed by atoms with Gasteiger partial charge in [0.1, 0.15) is 6.04 Å². The summed E-state index contributed by atoms with van der Waals surface area (Å²) in [5, 5.41) is 24.9. The first-order valence-corrected chi connectivity index (χ1v) is 6.90. The van der Waals surface area contributed by atoms with E-state index in [1.54, 1.807) is 13.8 Å². The van der Waals surface area contributed by atoms with Crippen LogP contribution >= 0.6 is 0 Å². The van der Waals surface area contributed by atoms with E-state index in [1.807, 2.05) is 0 Å². The first kappa shape index (κ1) is 22.5. The van der Waals surface area contributed by atoms with Gasteiger partial charge in [-0.15, -0.1) is 0 Å². The molecule has 0 bridgehead atoms. The molecule has 0 aliphatic carbocycles. The minimum atomic E-state index is -0.931. The minimum absolute atomic E-state index is 0.0208. The Hall–Kier alpha value is -0.770. The fourth-order valence-electron chi connectivity index (χ4n) is 0.956. The molecule has 0 aromatic heterocycles. The second kappa shape index (κ2) is 17.3. The minimum Gasteiger partial charge on any atom is -0.480 e. The van der Waals surface area contributed by atoms with Gasteiger partial charge in [-0.05, 0) is 5.92 Å². The average Bonchev–Trinajstić information content (AvgIpc) is 2.45. The van der Waals surface area contributed by atoms with Gasteiger partial charge in [0.25, 0.3) is 0 Å². The Morgan fingerprint density at radius 1 is 0.905 bits per heavy atom. The molecule has 0 radical (unpaired) electrons. The van der Waals surface area contributed by atoms with Crippen molar-refractivity contribution in [3.8, 4) is 0 Å². The van der Waals surface area contributed by atoms with Crippen molar-refractivity contribution in [1.82, 2.24) is 0 Å². The lowest BCUT2D eigenvalue weighted by Crippen LogP contribution is -2.34. The summed E-state index contributed by atoms with van der Waals surface area (Å²) in [7, 11) is 0. The summed E-state index contributed by atoms with van der Waals surface area (Å²) >= 11 is 0. The van der Waals surface area contributed by atoms with Crippen LogP contribution in [-0.2, 0) is 19.0 Å². The van der Waals surface area contributed by atoms with Gasteiger partial charge in [-0.3, -0.25) is 4.79 Å². The second-order valence-corrected chi connectivity index (χ2v) is 4.39. The van der Waals surface area contributed by atoms with Gasteiger partial charge in [-0.25, -0.2) is 0 Å². The fraction of sp³-hybridized carbons (Fsp3) is 0.923. The van der Waals surface area contributed by atoms with E-state index in [4.69, 9.17) is 35.3 Å². The van der Waals surface area contributed by atoms with E-state index in [2.05, 4.69) is 0 Å². The van der Waals surface area contributed by atoms with Crippen LogP contribution < -0.4 is 5.73 Å². The summed E-state index contributed by atoms with van der Waals surface area (Å²) in [6, 6.07) is -0.713. The molecule has 0 spiro atoms. The van der Waals surface area contributed by atoms with Crippen LogP contribution in [0.1, 0.15) is 13.8 Å². The molecule has 0 amide bonds. The number of hydrogen-bond acceptors (Lipinski definition) is 7. The lowest BCUT2D eigenvalue weighted by molar-refractivity contribution is -0.139. The van der Waals surface area contributed by atoms with Gasteiger partial charge < -0.3 is 35.3 Å². The second-order valence-electron chi connectivity index (χ2n) is 4.39. The standard InChI is InChI=1S/C8H18O5.C5H11NO2/c9-1-3-11-5-7-13-8-6-12-4-2-10;1-3(2)4(6)5(7)8/h9-10H,1-8H2;3-4H,6H2,1-2H3,(H,7,8)/t;4-/m.0/s1. The molecule has 0 aliphatic rings. The first-order chi connectivity index (χ1) is 9.97. The zero-order valence-electron chi connectivity index (χ0n) is 12.9. The quantitative estimate of drug-likeness (QED) is 0.340. The molecule has 0 aromatic carbocycles. The predicted octanol–water partition coefficient (Wildman–Crippen LogP) is -0.925. The number of aliphatic hydroxyl groups is 2. The third-order valence-corrected chi connectivity index (χ3v) is 2.22. The number of ether oxygens (including phenoxy) is 3. The van der Waals surface area contributed by atoms with Crippen LogP contribution in [0.3, 0.4) is 0 Å². The lowest BCUT2D eigenvalue weighted by atomic mass is 10.1. The first-order valence-electron chi connectivity index (χ1n) is 6.90. The number of hydrogen-bond donors (Lipinski definition) is 4. The summed E-state index contributed by atoms with van der Waals surface area (Å²) in [5.74, 6) is -0.910. The summed E-state index contributed by atoms with van der Waals surface area (Å²) in [6.45, 7) is 6.32. The normalized spacial score (nSPS) is 11.9. The number of carboxylic acids is 1. The summed E-state index contributed by atoms with van der Waals surface area (Å²) < 4.78 is 15.0. The maximum Gasteiger partial charge on any atom is 0.320 e. The SMILES string of the molecule is CC(C)[C@H](N)C(=O)O.OCCOCCOCCOCCO. The highest BCUT2D eigenvalue weighted by molar-refractivity contribution is 5.73. The summed E-state index contributed by atoms with van der Waals surface area (Å²) in [4.78, 5) is 10.0. The molecule has 21 heavy (non-hydrogen) atoms. The van der Waals surface area contributed by atoms with E-state index in [9.17, 15) is 4.79 Å². The van der Waals surface area contributed by atoms with Crippen molar-refractivity contribution in [3.05, 3.63) is 0 Å². The summed E-state index contributed by atoms with van der Waals surface area (Å²) in [5.41, 5.74) is 5.16. The molecule has 0 heterocycles. The molecule has 8 nitrogen and oxygen atoms in total. The Bertz CT molecular complexity index is 217. The molecule has 0 aliphatic heterocycles. The number of aliphatic carboxylic acids is 1. The smallest absolute Gasteiger partial charge is 0.320 e. The highest BCUT2D eigenvalue weighted by Crippen LogP contribution is 1.96. The number of rotatable bonds is 12.